The second-order valence-corrected chi connectivity index (χ2v) is 4.63. The number of anilines is 2. The predicted octanol–water partition coefficient (Wildman–Crippen LogP) is 1.84. The highest BCUT2D eigenvalue weighted by Crippen LogP contribution is 2.20. The van der Waals surface area contributed by atoms with E-state index in [1.165, 1.54) is 18.2 Å². The monoisotopic (exact) mass is 286 g/mol. The zero-order valence-electron chi connectivity index (χ0n) is 11.0. The first-order chi connectivity index (χ1) is 9.88. The summed E-state index contributed by atoms with van der Waals surface area (Å²) in [6.07, 6.45) is 0.435. The fourth-order valence-electron chi connectivity index (χ4n) is 2.05. The summed E-state index contributed by atoms with van der Waals surface area (Å²) in [5.74, 6) is -2.17. The number of benzene rings is 2. The lowest BCUT2D eigenvalue weighted by atomic mass is 10.00. The van der Waals surface area contributed by atoms with E-state index in [1.54, 1.807) is 18.2 Å². The minimum absolute atomic E-state index is 0.0438. The van der Waals surface area contributed by atoms with Gasteiger partial charge >= 0.3 is 11.9 Å². The van der Waals surface area contributed by atoms with E-state index in [0.29, 0.717) is 6.42 Å². The van der Waals surface area contributed by atoms with Gasteiger partial charge in [-0.1, -0.05) is 12.1 Å². The molecular formula is C15H14N2O4. The van der Waals surface area contributed by atoms with Crippen LogP contribution >= 0.6 is 0 Å². The molecule has 21 heavy (non-hydrogen) atoms. The maximum absolute atomic E-state index is 11.0. The molecule has 0 heterocycles. The van der Waals surface area contributed by atoms with Crippen LogP contribution in [0.5, 0.6) is 0 Å². The van der Waals surface area contributed by atoms with Crippen LogP contribution in [-0.2, 0) is 6.42 Å². The van der Waals surface area contributed by atoms with Crippen molar-refractivity contribution in [2.75, 3.05) is 11.5 Å². The van der Waals surface area contributed by atoms with Crippen molar-refractivity contribution in [3.63, 3.8) is 0 Å². The van der Waals surface area contributed by atoms with Crippen molar-refractivity contribution in [1.82, 2.24) is 0 Å². The van der Waals surface area contributed by atoms with Gasteiger partial charge in [0.1, 0.15) is 0 Å². The summed E-state index contributed by atoms with van der Waals surface area (Å²) in [6, 6.07) is 9.41. The number of carboxylic acid groups (broad SMARTS) is 2. The summed E-state index contributed by atoms with van der Waals surface area (Å²) >= 11 is 0. The second kappa shape index (κ2) is 5.54. The van der Waals surface area contributed by atoms with Crippen LogP contribution < -0.4 is 11.5 Å². The minimum atomic E-state index is -1.09. The molecule has 0 aliphatic heterocycles. The number of carboxylic acids is 2. The van der Waals surface area contributed by atoms with E-state index in [9.17, 15) is 9.59 Å². The maximum Gasteiger partial charge on any atom is 0.337 e. The number of aromatic carboxylic acids is 2. The molecule has 2 rings (SSSR count). The molecule has 0 fully saturated rings. The van der Waals surface area contributed by atoms with Crippen LogP contribution in [0, 0.1) is 0 Å². The Labute approximate surface area is 120 Å². The molecule has 0 saturated heterocycles. The number of hydrogen-bond donors (Lipinski definition) is 4. The van der Waals surface area contributed by atoms with Crippen molar-refractivity contribution < 1.29 is 19.8 Å². The number of rotatable bonds is 4. The van der Waals surface area contributed by atoms with Crippen molar-refractivity contribution in [3.8, 4) is 0 Å². The van der Waals surface area contributed by atoms with Crippen LogP contribution in [0.1, 0.15) is 31.8 Å². The van der Waals surface area contributed by atoms with Gasteiger partial charge in [-0.2, -0.15) is 0 Å². The van der Waals surface area contributed by atoms with Crippen LogP contribution in [0.3, 0.4) is 0 Å². The third kappa shape index (κ3) is 3.11. The summed E-state index contributed by atoms with van der Waals surface area (Å²) in [6.45, 7) is 0. The summed E-state index contributed by atoms with van der Waals surface area (Å²) < 4.78 is 0. The topological polar surface area (TPSA) is 127 Å². The molecule has 0 aliphatic carbocycles. The molecule has 6 heteroatoms. The molecule has 0 spiro atoms. The van der Waals surface area contributed by atoms with Gasteiger partial charge in [-0.15, -0.1) is 0 Å². The van der Waals surface area contributed by atoms with E-state index < -0.39 is 11.9 Å². The fourth-order valence-corrected chi connectivity index (χ4v) is 2.05. The van der Waals surface area contributed by atoms with Crippen LogP contribution in [-0.4, -0.2) is 22.2 Å². The normalized spacial score (nSPS) is 10.3. The Morgan fingerprint density at radius 1 is 0.810 bits per heavy atom. The highest BCUT2D eigenvalue weighted by Gasteiger charge is 2.11. The Kier molecular flexibility index (Phi) is 3.80. The van der Waals surface area contributed by atoms with Crippen LogP contribution in [0.4, 0.5) is 11.4 Å². The third-order valence-corrected chi connectivity index (χ3v) is 3.10. The molecule has 0 aromatic heterocycles. The van der Waals surface area contributed by atoms with Crippen LogP contribution in [0.15, 0.2) is 36.4 Å². The van der Waals surface area contributed by atoms with Gasteiger partial charge in [-0.25, -0.2) is 9.59 Å². The first kappa shape index (κ1) is 14.4. The summed E-state index contributed by atoms with van der Waals surface area (Å²) in [4.78, 5) is 21.9. The van der Waals surface area contributed by atoms with Gasteiger partial charge in [0.2, 0.25) is 0 Å². The SMILES string of the molecule is Nc1cc(Cc2ccc(N)c(C(=O)O)c2)ccc1C(=O)O. The first-order valence-corrected chi connectivity index (χ1v) is 6.12. The molecule has 2 aromatic rings. The van der Waals surface area contributed by atoms with E-state index in [-0.39, 0.29) is 22.5 Å². The number of nitrogens with two attached hydrogens (primary N) is 2. The molecule has 0 bridgehead atoms. The van der Waals surface area contributed by atoms with Gasteiger partial charge in [0.05, 0.1) is 11.1 Å². The van der Waals surface area contributed by atoms with E-state index in [0.717, 1.165) is 11.1 Å². The number of nitrogen functional groups attached to an aromatic ring is 2. The minimum Gasteiger partial charge on any atom is -0.478 e. The summed E-state index contributed by atoms with van der Waals surface area (Å²) in [7, 11) is 0. The summed E-state index contributed by atoms with van der Waals surface area (Å²) in [5, 5.41) is 17.9. The van der Waals surface area contributed by atoms with Crippen molar-refractivity contribution in [1.29, 1.82) is 0 Å². The highest BCUT2D eigenvalue weighted by atomic mass is 16.4. The standard InChI is InChI=1S/C15H14N2O4/c16-12-4-2-8(6-11(12)15(20)21)5-9-1-3-10(14(18)19)13(17)7-9/h1-4,6-7H,5,16-17H2,(H,18,19)(H,20,21). The molecule has 6 N–H and O–H groups in total. The Hall–Kier alpha value is -3.02. The summed E-state index contributed by atoms with van der Waals surface area (Å²) in [5.41, 5.74) is 13.3. The highest BCUT2D eigenvalue weighted by molar-refractivity contribution is 5.94. The molecular weight excluding hydrogens is 272 g/mol. The quantitative estimate of drug-likeness (QED) is 0.635. The molecule has 0 radical (unpaired) electrons. The lowest BCUT2D eigenvalue weighted by molar-refractivity contribution is 0.0687. The molecule has 6 nitrogen and oxygen atoms in total. The van der Waals surface area contributed by atoms with Crippen LogP contribution in [0.25, 0.3) is 0 Å². The van der Waals surface area contributed by atoms with Gasteiger partial charge in [-0.05, 0) is 41.8 Å². The molecule has 0 aliphatic rings. The Morgan fingerprint density at radius 3 is 1.95 bits per heavy atom. The largest absolute Gasteiger partial charge is 0.478 e. The molecule has 0 unspecified atom stereocenters. The molecule has 0 amide bonds. The van der Waals surface area contributed by atoms with Gasteiger partial charge < -0.3 is 21.7 Å². The van der Waals surface area contributed by atoms with E-state index >= 15 is 0 Å². The molecule has 2 aromatic carbocycles. The Bertz CT molecular complexity index is 726. The van der Waals surface area contributed by atoms with Crippen molar-refractivity contribution >= 4 is 23.3 Å². The zero-order chi connectivity index (χ0) is 15.6. The molecule has 0 saturated carbocycles. The molecule has 108 valence electrons. The van der Waals surface area contributed by atoms with E-state index in [1.807, 2.05) is 0 Å². The average molecular weight is 286 g/mol. The Balaban J connectivity index is 2.30. The van der Waals surface area contributed by atoms with Gasteiger partial charge in [0, 0.05) is 11.4 Å². The smallest absolute Gasteiger partial charge is 0.337 e. The average Bonchev–Trinajstić information content (AvgIpc) is 2.40. The number of carbonyl (C=O) groups is 2. The lowest BCUT2D eigenvalue weighted by Gasteiger charge is -2.08. The van der Waals surface area contributed by atoms with E-state index in [2.05, 4.69) is 0 Å². The second-order valence-electron chi connectivity index (χ2n) is 4.63. The predicted molar refractivity (Wildman–Crippen MR) is 78.4 cm³/mol. The van der Waals surface area contributed by atoms with Crippen molar-refractivity contribution in [2.24, 2.45) is 0 Å². The van der Waals surface area contributed by atoms with Crippen molar-refractivity contribution in [3.05, 3.63) is 58.7 Å². The van der Waals surface area contributed by atoms with Gasteiger partial charge in [0.15, 0.2) is 0 Å². The Morgan fingerprint density at radius 2 is 1.38 bits per heavy atom. The lowest BCUT2D eigenvalue weighted by Crippen LogP contribution is -2.05. The molecule has 0 atom stereocenters. The van der Waals surface area contributed by atoms with Gasteiger partial charge in [-0.3, -0.25) is 0 Å². The third-order valence-electron chi connectivity index (χ3n) is 3.10. The fraction of sp³-hybridized carbons (Fsp3) is 0.0667. The zero-order valence-corrected chi connectivity index (χ0v) is 11.0. The maximum atomic E-state index is 11.0. The number of hydrogen-bond acceptors (Lipinski definition) is 4. The first-order valence-electron chi connectivity index (χ1n) is 6.12. The van der Waals surface area contributed by atoms with Gasteiger partial charge in [0.25, 0.3) is 0 Å². The van der Waals surface area contributed by atoms with Crippen LogP contribution in [0.2, 0.25) is 0 Å². The van der Waals surface area contributed by atoms with Crippen molar-refractivity contribution in [2.45, 2.75) is 6.42 Å². The van der Waals surface area contributed by atoms with E-state index in [4.69, 9.17) is 21.7 Å².